The predicted octanol–water partition coefficient (Wildman–Crippen LogP) is 2.47. The number of hydrogen-bond donors (Lipinski definition) is 2. The number of sulfonamides is 1. The van der Waals surface area contributed by atoms with E-state index in [-0.39, 0.29) is 10.6 Å². The Morgan fingerprint density at radius 1 is 1.00 bits per heavy atom. The summed E-state index contributed by atoms with van der Waals surface area (Å²) in [5, 5.41) is 0.898. The zero-order valence-corrected chi connectivity index (χ0v) is 14.6. The summed E-state index contributed by atoms with van der Waals surface area (Å²) in [6.45, 7) is 3.58. The molecule has 0 saturated carbocycles. The van der Waals surface area contributed by atoms with Gasteiger partial charge in [0, 0.05) is 5.39 Å². The lowest BCUT2D eigenvalue weighted by atomic mass is 10.2. The summed E-state index contributed by atoms with van der Waals surface area (Å²) in [4.78, 5) is 18.7. The Morgan fingerprint density at radius 3 is 2.52 bits per heavy atom. The van der Waals surface area contributed by atoms with Crippen LogP contribution in [0, 0.1) is 13.8 Å². The minimum atomic E-state index is -3.86. The van der Waals surface area contributed by atoms with Crippen molar-refractivity contribution in [3.05, 3.63) is 71.4 Å². The zero-order valence-electron chi connectivity index (χ0n) is 13.8. The number of rotatable bonds is 4. The van der Waals surface area contributed by atoms with Crippen molar-refractivity contribution >= 4 is 26.8 Å². The summed E-state index contributed by atoms with van der Waals surface area (Å²) >= 11 is 0. The van der Waals surface area contributed by atoms with Gasteiger partial charge in [-0.1, -0.05) is 42.0 Å². The molecule has 2 aromatic carbocycles. The van der Waals surface area contributed by atoms with Gasteiger partial charge in [0.1, 0.15) is 5.69 Å². The van der Waals surface area contributed by atoms with E-state index in [2.05, 4.69) is 15.2 Å². The van der Waals surface area contributed by atoms with Crippen LogP contribution in [-0.2, 0) is 10.0 Å². The second-order valence-corrected chi connectivity index (χ2v) is 7.37. The Morgan fingerprint density at radius 2 is 1.76 bits per heavy atom. The van der Waals surface area contributed by atoms with E-state index >= 15 is 0 Å². The summed E-state index contributed by atoms with van der Waals surface area (Å²) in [7, 11) is -3.86. The molecular formula is C18H17N3O3S. The quantitative estimate of drug-likeness (QED) is 0.704. The van der Waals surface area contributed by atoms with Gasteiger partial charge in [-0.05, 0) is 37.6 Å². The van der Waals surface area contributed by atoms with Crippen LogP contribution in [0.3, 0.4) is 0 Å². The molecule has 0 aliphatic rings. The highest BCUT2D eigenvalue weighted by Gasteiger charge is 2.18. The lowest BCUT2D eigenvalue weighted by Gasteiger charge is -2.11. The number of carbonyl (C=O) groups is 1. The van der Waals surface area contributed by atoms with Crippen LogP contribution >= 0.6 is 0 Å². The van der Waals surface area contributed by atoms with Crippen LogP contribution in [0.5, 0.6) is 0 Å². The highest BCUT2D eigenvalue weighted by molar-refractivity contribution is 7.89. The number of amides is 1. The molecule has 128 valence electrons. The molecule has 0 saturated heterocycles. The maximum absolute atomic E-state index is 12.4. The fourth-order valence-corrected chi connectivity index (χ4v) is 3.59. The van der Waals surface area contributed by atoms with Crippen LogP contribution < -0.4 is 10.3 Å². The van der Waals surface area contributed by atoms with Crippen molar-refractivity contribution in [3.8, 4) is 0 Å². The maximum atomic E-state index is 12.4. The molecule has 0 unspecified atom stereocenters. The fraction of sp³-hybridized carbons (Fsp3) is 0.111. The van der Waals surface area contributed by atoms with Gasteiger partial charge in [-0.2, -0.15) is 0 Å². The molecule has 1 amide bonds. The minimum Gasteiger partial charge on any atom is -0.272 e. The first kappa shape index (κ1) is 17.1. The maximum Gasteiger partial charge on any atom is 0.284 e. The van der Waals surface area contributed by atoms with Gasteiger partial charge in [-0.15, -0.1) is 4.83 Å². The Kier molecular flexibility index (Phi) is 4.52. The number of nitrogens with one attached hydrogen (secondary N) is 2. The average molecular weight is 355 g/mol. The summed E-state index contributed by atoms with van der Waals surface area (Å²) < 4.78 is 24.7. The first-order valence-corrected chi connectivity index (χ1v) is 9.10. The van der Waals surface area contributed by atoms with Gasteiger partial charge in [0.05, 0.1) is 10.4 Å². The van der Waals surface area contributed by atoms with Crippen molar-refractivity contribution in [3.63, 3.8) is 0 Å². The van der Waals surface area contributed by atoms with Crippen molar-refractivity contribution in [1.82, 2.24) is 15.2 Å². The van der Waals surface area contributed by atoms with Gasteiger partial charge < -0.3 is 0 Å². The van der Waals surface area contributed by atoms with E-state index in [9.17, 15) is 13.2 Å². The van der Waals surface area contributed by atoms with Gasteiger partial charge >= 0.3 is 0 Å². The van der Waals surface area contributed by atoms with E-state index in [0.717, 1.165) is 10.9 Å². The Bertz CT molecular complexity index is 1060. The summed E-state index contributed by atoms with van der Waals surface area (Å²) in [6, 6.07) is 15.6. The molecule has 3 aromatic rings. The number of aromatic nitrogens is 1. The molecule has 0 atom stereocenters. The van der Waals surface area contributed by atoms with E-state index in [1.807, 2.05) is 25.1 Å². The number of nitrogens with zero attached hydrogens (tertiary/aromatic N) is 1. The lowest BCUT2D eigenvalue weighted by molar-refractivity contribution is 0.0940. The number of carbonyl (C=O) groups excluding carboxylic acids is 1. The molecule has 7 heteroatoms. The number of pyridine rings is 1. The van der Waals surface area contributed by atoms with Crippen molar-refractivity contribution in [2.45, 2.75) is 18.7 Å². The number of fused-ring (bicyclic) bond motifs is 1. The van der Waals surface area contributed by atoms with Gasteiger partial charge in [0.2, 0.25) is 0 Å². The molecule has 0 spiro atoms. The first-order valence-electron chi connectivity index (χ1n) is 7.62. The molecule has 6 nitrogen and oxygen atoms in total. The molecule has 0 aliphatic carbocycles. The molecule has 3 rings (SSSR count). The van der Waals surface area contributed by atoms with Crippen molar-refractivity contribution < 1.29 is 13.2 Å². The van der Waals surface area contributed by atoms with Gasteiger partial charge in [-0.25, -0.2) is 13.4 Å². The van der Waals surface area contributed by atoms with Crippen LogP contribution in [0.1, 0.15) is 21.6 Å². The Labute approximate surface area is 145 Å². The van der Waals surface area contributed by atoms with Crippen molar-refractivity contribution in [2.24, 2.45) is 0 Å². The summed E-state index contributed by atoms with van der Waals surface area (Å²) in [5.41, 5.74) is 4.55. The third-order valence-corrected chi connectivity index (χ3v) is 5.16. The van der Waals surface area contributed by atoms with E-state index in [1.165, 1.54) is 6.07 Å². The van der Waals surface area contributed by atoms with E-state index in [1.54, 1.807) is 37.3 Å². The number of para-hydroxylation sites is 1. The summed E-state index contributed by atoms with van der Waals surface area (Å²) in [6.07, 6.45) is 0. The van der Waals surface area contributed by atoms with Crippen molar-refractivity contribution in [1.29, 1.82) is 0 Å². The highest BCUT2D eigenvalue weighted by atomic mass is 32.2. The average Bonchev–Trinajstić information content (AvgIpc) is 2.59. The van der Waals surface area contributed by atoms with E-state index < -0.39 is 15.9 Å². The smallest absolute Gasteiger partial charge is 0.272 e. The third kappa shape index (κ3) is 3.67. The highest BCUT2D eigenvalue weighted by Crippen LogP contribution is 2.16. The zero-order chi connectivity index (χ0) is 18.0. The molecule has 0 radical (unpaired) electrons. The molecular weight excluding hydrogens is 338 g/mol. The largest absolute Gasteiger partial charge is 0.284 e. The second-order valence-electron chi connectivity index (χ2n) is 5.72. The third-order valence-electron chi connectivity index (χ3n) is 3.75. The minimum absolute atomic E-state index is 0.116. The number of benzene rings is 2. The fourth-order valence-electron chi connectivity index (χ4n) is 2.53. The van der Waals surface area contributed by atoms with Gasteiger partial charge in [-0.3, -0.25) is 10.2 Å². The van der Waals surface area contributed by atoms with Crippen LogP contribution in [-0.4, -0.2) is 19.3 Å². The molecule has 1 aromatic heterocycles. The van der Waals surface area contributed by atoms with Crippen LogP contribution in [0.15, 0.2) is 59.5 Å². The van der Waals surface area contributed by atoms with Crippen LogP contribution in [0.4, 0.5) is 0 Å². The molecule has 0 fully saturated rings. The normalized spacial score (nSPS) is 11.4. The monoisotopic (exact) mass is 355 g/mol. The standard InChI is InChI=1S/C18H17N3O3S/c1-12-7-10-17(13(2)11-12)25(23,24)21-20-18(22)16-9-8-14-5-3-4-6-15(14)19-16/h3-11,21H,1-2H3,(H,20,22). The molecule has 25 heavy (non-hydrogen) atoms. The van der Waals surface area contributed by atoms with Gasteiger partial charge in [0.25, 0.3) is 15.9 Å². The molecule has 0 aliphatic heterocycles. The Balaban J connectivity index is 1.78. The Hall–Kier alpha value is -2.77. The van der Waals surface area contributed by atoms with Crippen LogP contribution in [0.2, 0.25) is 0 Å². The van der Waals surface area contributed by atoms with E-state index in [4.69, 9.17) is 0 Å². The van der Waals surface area contributed by atoms with Crippen molar-refractivity contribution in [2.75, 3.05) is 0 Å². The number of aryl methyl sites for hydroxylation is 2. The van der Waals surface area contributed by atoms with Crippen LogP contribution in [0.25, 0.3) is 10.9 Å². The SMILES string of the molecule is Cc1ccc(S(=O)(=O)NNC(=O)c2ccc3ccccc3n2)c(C)c1. The molecule has 2 N–H and O–H groups in total. The number of hydrogen-bond acceptors (Lipinski definition) is 4. The summed E-state index contributed by atoms with van der Waals surface area (Å²) in [5.74, 6) is -0.626. The molecule has 0 bridgehead atoms. The van der Waals surface area contributed by atoms with Gasteiger partial charge in [0.15, 0.2) is 0 Å². The first-order chi connectivity index (χ1) is 11.9. The predicted molar refractivity (Wildman–Crippen MR) is 95.4 cm³/mol. The van der Waals surface area contributed by atoms with E-state index in [0.29, 0.717) is 11.1 Å². The molecule has 1 heterocycles. The second kappa shape index (κ2) is 6.62. The topological polar surface area (TPSA) is 88.2 Å². The number of hydrazine groups is 1. The lowest BCUT2D eigenvalue weighted by Crippen LogP contribution is -2.42.